The van der Waals surface area contributed by atoms with E-state index in [1.165, 1.54) is 12.1 Å². The molecule has 0 unspecified atom stereocenters. The number of halogens is 1. The normalized spacial score (nSPS) is 10.5. The first-order valence-electron chi connectivity index (χ1n) is 6.67. The number of nitrogen functional groups attached to an aromatic ring is 1. The molecule has 0 aliphatic rings. The number of aryl methyl sites for hydroxylation is 1. The Balaban J connectivity index is 2.56. The number of rotatable bonds is 4. The van der Waals surface area contributed by atoms with Crippen LogP contribution >= 0.6 is 0 Å². The Morgan fingerprint density at radius 2 is 2.15 bits per heavy atom. The number of nitrogens with two attached hydrogens (primary N) is 1. The van der Waals surface area contributed by atoms with Crippen molar-refractivity contribution < 1.29 is 4.39 Å². The number of hydrogen-bond donors (Lipinski definition) is 1. The molecule has 0 aliphatic carbocycles. The molecule has 2 rings (SSSR count). The van der Waals surface area contributed by atoms with Crippen LogP contribution in [0.25, 0.3) is 11.3 Å². The van der Waals surface area contributed by atoms with Crippen molar-refractivity contribution >= 4 is 5.82 Å². The van der Waals surface area contributed by atoms with E-state index in [0.29, 0.717) is 17.1 Å². The van der Waals surface area contributed by atoms with E-state index >= 15 is 0 Å². The quantitative estimate of drug-likeness (QED) is 0.929. The van der Waals surface area contributed by atoms with Crippen LogP contribution in [0.5, 0.6) is 0 Å². The van der Waals surface area contributed by atoms with Crippen molar-refractivity contribution in [2.75, 3.05) is 5.73 Å². The van der Waals surface area contributed by atoms with Gasteiger partial charge in [-0.05, 0) is 31.5 Å². The van der Waals surface area contributed by atoms with Gasteiger partial charge in [0.25, 0.3) is 0 Å². The topological polar surface area (TPSA) is 67.6 Å². The monoisotopic (exact) mass is 272 g/mol. The van der Waals surface area contributed by atoms with Crippen molar-refractivity contribution in [3.8, 4) is 17.3 Å². The van der Waals surface area contributed by atoms with Crippen LogP contribution in [0.15, 0.2) is 18.2 Å². The van der Waals surface area contributed by atoms with Crippen molar-refractivity contribution in [1.29, 1.82) is 5.26 Å². The van der Waals surface area contributed by atoms with Crippen LogP contribution in [0.1, 0.15) is 31.7 Å². The number of anilines is 1. The summed E-state index contributed by atoms with van der Waals surface area (Å²) in [6.45, 7) is 4.82. The van der Waals surface area contributed by atoms with Crippen molar-refractivity contribution in [3.63, 3.8) is 0 Å². The zero-order valence-corrected chi connectivity index (χ0v) is 11.7. The van der Waals surface area contributed by atoms with Gasteiger partial charge in [-0.25, -0.2) is 9.37 Å². The van der Waals surface area contributed by atoms with Crippen LogP contribution in [0, 0.1) is 17.1 Å². The van der Waals surface area contributed by atoms with Gasteiger partial charge in [-0.15, -0.1) is 0 Å². The highest BCUT2D eigenvalue weighted by molar-refractivity contribution is 5.72. The van der Waals surface area contributed by atoms with Crippen molar-refractivity contribution in [3.05, 3.63) is 35.4 Å². The fourth-order valence-corrected chi connectivity index (χ4v) is 2.25. The molecule has 2 aromatic rings. The maximum atomic E-state index is 13.4. The minimum Gasteiger partial charge on any atom is -0.383 e. The standard InChI is InChI=1S/C15H17FN4/c1-3-5-13-19-14(15(18)20(13)4-2)10-6-7-12(16)11(8-10)9-17/h6-8H,3-5,18H2,1-2H3. The van der Waals surface area contributed by atoms with E-state index < -0.39 is 5.82 Å². The predicted octanol–water partition coefficient (Wildman–Crippen LogP) is 3.12. The van der Waals surface area contributed by atoms with Crippen LogP contribution in [-0.4, -0.2) is 9.55 Å². The third kappa shape index (κ3) is 2.37. The molecule has 0 radical (unpaired) electrons. The highest BCUT2D eigenvalue weighted by atomic mass is 19.1. The lowest BCUT2D eigenvalue weighted by Crippen LogP contribution is -2.05. The summed E-state index contributed by atoms with van der Waals surface area (Å²) in [5.74, 6) is 0.954. The van der Waals surface area contributed by atoms with Crippen LogP contribution in [0.2, 0.25) is 0 Å². The Morgan fingerprint density at radius 1 is 1.40 bits per heavy atom. The maximum absolute atomic E-state index is 13.4. The van der Waals surface area contributed by atoms with Gasteiger partial charge >= 0.3 is 0 Å². The number of nitrogens with zero attached hydrogens (tertiary/aromatic N) is 3. The van der Waals surface area contributed by atoms with E-state index in [9.17, 15) is 4.39 Å². The second-order valence-electron chi connectivity index (χ2n) is 4.56. The van der Waals surface area contributed by atoms with Gasteiger partial charge in [0, 0.05) is 18.5 Å². The van der Waals surface area contributed by atoms with Gasteiger partial charge in [0.1, 0.15) is 29.2 Å². The lowest BCUT2D eigenvalue weighted by atomic mass is 10.1. The maximum Gasteiger partial charge on any atom is 0.140 e. The summed E-state index contributed by atoms with van der Waals surface area (Å²) >= 11 is 0. The molecule has 20 heavy (non-hydrogen) atoms. The Labute approximate surface area is 117 Å². The Bertz CT molecular complexity index is 667. The molecule has 0 fully saturated rings. The van der Waals surface area contributed by atoms with E-state index in [2.05, 4.69) is 11.9 Å². The van der Waals surface area contributed by atoms with Gasteiger partial charge in [-0.2, -0.15) is 5.26 Å². The smallest absolute Gasteiger partial charge is 0.140 e. The minimum absolute atomic E-state index is 0.00462. The average molecular weight is 272 g/mol. The molecule has 0 atom stereocenters. The second kappa shape index (κ2) is 5.74. The fourth-order valence-electron chi connectivity index (χ4n) is 2.25. The molecule has 1 heterocycles. The highest BCUT2D eigenvalue weighted by Gasteiger charge is 2.16. The summed E-state index contributed by atoms with van der Waals surface area (Å²) in [6.07, 6.45) is 1.81. The largest absolute Gasteiger partial charge is 0.383 e. The lowest BCUT2D eigenvalue weighted by molar-refractivity contribution is 0.624. The summed E-state index contributed by atoms with van der Waals surface area (Å²) in [6, 6.07) is 6.20. The van der Waals surface area contributed by atoms with Gasteiger partial charge in [0.15, 0.2) is 0 Å². The minimum atomic E-state index is -0.529. The summed E-state index contributed by atoms with van der Waals surface area (Å²) in [5.41, 5.74) is 7.42. The summed E-state index contributed by atoms with van der Waals surface area (Å²) in [7, 11) is 0. The molecule has 0 aliphatic heterocycles. The SMILES string of the molecule is CCCc1nc(-c2ccc(F)c(C#N)c2)c(N)n1CC. The second-order valence-corrected chi connectivity index (χ2v) is 4.56. The Morgan fingerprint density at radius 3 is 2.75 bits per heavy atom. The van der Waals surface area contributed by atoms with Crippen molar-refractivity contribution in [2.24, 2.45) is 0 Å². The molecule has 0 saturated heterocycles. The zero-order chi connectivity index (χ0) is 14.7. The average Bonchev–Trinajstić information content (AvgIpc) is 2.76. The first-order valence-corrected chi connectivity index (χ1v) is 6.67. The van der Waals surface area contributed by atoms with Crippen LogP contribution in [0.3, 0.4) is 0 Å². The molecule has 4 nitrogen and oxygen atoms in total. The first-order chi connectivity index (χ1) is 9.62. The molecule has 0 saturated carbocycles. The fraction of sp³-hybridized carbons (Fsp3) is 0.333. The summed E-state index contributed by atoms with van der Waals surface area (Å²) in [5, 5.41) is 8.90. The number of hydrogen-bond acceptors (Lipinski definition) is 3. The van der Waals surface area contributed by atoms with E-state index in [1.54, 1.807) is 6.07 Å². The molecule has 1 aromatic carbocycles. The number of benzene rings is 1. The molecule has 0 spiro atoms. The van der Waals surface area contributed by atoms with Crippen LogP contribution in [0.4, 0.5) is 10.2 Å². The third-order valence-corrected chi connectivity index (χ3v) is 3.24. The summed E-state index contributed by atoms with van der Waals surface area (Å²) < 4.78 is 15.3. The van der Waals surface area contributed by atoms with E-state index in [4.69, 9.17) is 11.0 Å². The number of nitriles is 1. The van der Waals surface area contributed by atoms with Gasteiger partial charge < -0.3 is 10.3 Å². The first kappa shape index (κ1) is 14.1. The highest BCUT2D eigenvalue weighted by Crippen LogP contribution is 2.28. The predicted molar refractivity (Wildman–Crippen MR) is 76.4 cm³/mol. The van der Waals surface area contributed by atoms with E-state index in [0.717, 1.165) is 25.2 Å². The third-order valence-electron chi connectivity index (χ3n) is 3.24. The van der Waals surface area contributed by atoms with Crippen molar-refractivity contribution in [1.82, 2.24) is 9.55 Å². The Hall–Kier alpha value is -2.35. The zero-order valence-electron chi connectivity index (χ0n) is 11.7. The molecule has 5 heteroatoms. The number of aromatic nitrogens is 2. The molecular weight excluding hydrogens is 255 g/mol. The molecule has 104 valence electrons. The van der Waals surface area contributed by atoms with Gasteiger partial charge in [0.2, 0.25) is 0 Å². The molecule has 1 aromatic heterocycles. The lowest BCUT2D eigenvalue weighted by Gasteiger charge is -2.05. The van der Waals surface area contributed by atoms with E-state index in [-0.39, 0.29) is 5.56 Å². The molecule has 0 bridgehead atoms. The van der Waals surface area contributed by atoms with Gasteiger partial charge in [-0.1, -0.05) is 6.92 Å². The molecular formula is C15H17FN4. The van der Waals surface area contributed by atoms with Crippen LogP contribution < -0.4 is 5.73 Å². The van der Waals surface area contributed by atoms with Crippen molar-refractivity contribution in [2.45, 2.75) is 33.2 Å². The van der Waals surface area contributed by atoms with E-state index in [1.807, 2.05) is 17.6 Å². The molecule has 2 N–H and O–H groups in total. The molecule has 0 amide bonds. The number of imidazole rings is 1. The van der Waals surface area contributed by atoms with Crippen LogP contribution in [-0.2, 0) is 13.0 Å². The van der Waals surface area contributed by atoms with Gasteiger partial charge in [0.05, 0.1) is 5.56 Å². The Kier molecular flexibility index (Phi) is 4.04. The van der Waals surface area contributed by atoms with Gasteiger partial charge in [-0.3, -0.25) is 0 Å². The summed E-state index contributed by atoms with van der Waals surface area (Å²) in [4.78, 5) is 4.55.